The largest absolute Gasteiger partial charge is 0.481 e. The van der Waals surface area contributed by atoms with Crippen LogP contribution in [0.15, 0.2) is 41.8 Å². The minimum absolute atomic E-state index is 0.133. The first-order valence-corrected chi connectivity index (χ1v) is 11.6. The molecule has 1 amide bonds. The van der Waals surface area contributed by atoms with Gasteiger partial charge in [0.2, 0.25) is 5.91 Å². The van der Waals surface area contributed by atoms with Gasteiger partial charge in [0.25, 0.3) is 0 Å². The zero-order valence-corrected chi connectivity index (χ0v) is 19.0. The van der Waals surface area contributed by atoms with Crippen LogP contribution in [0.5, 0.6) is 0 Å². The van der Waals surface area contributed by atoms with Crippen molar-refractivity contribution >= 4 is 35.3 Å². The summed E-state index contributed by atoms with van der Waals surface area (Å²) in [6.45, 7) is 2.96. The number of benzene rings is 1. The average Bonchev–Trinajstić information content (AvgIpc) is 3.28. The molecule has 2 atom stereocenters. The van der Waals surface area contributed by atoms with Crippen molar-refractivity contribution in [3.05, 3.63) is 57.8 Å². The Hall–Kier alpha value is -2.84. The lowest BCUT2D eigenvalue weighted by Crippen LogP contribution is -2.40. The maximum atomic E-state index is 12.7. The highest BCUT2D eigenvalue weighted by Gasteiger charge is 2.24. The Balaban J connectivity index is 1.75. The lowest BCUT2D eigenvalue weighted by molar-refractivity contribution is -0.139. The molecular weight excluding hydrogens is 428 g/mol. The van der Waals surface area contributed by atoms with Gasteiger partial charge in [-0.15, -0.1) is 11.3 Å². The minimum atomic E-state index is -1.14. The predicted molar refractivity (Wildman–Crippen MR) is 124 cm³/mol. The van der Waals surface area contributed by atoms with Gasteiger partial charge < -0.3 is 20.5 Å². The second kappa shape index (κ2) is 13.5. The van der Waals surface area contributed by atoms with Crippen LogP contribution in [-0.4, -0.2) is 48.2 Å². The predicted octanol–water partition coefficient (Wildman–Crippen LogP) is 2.87. The van der Waals surface area contributed by atoms with E-state index in [2.05, 4.69) is 10.6 Å². The Bertz CT molecular complexity index is 898. The van der Waals surface area contributed by atoms with Gasteiger partial charge >= 0.3 is 5.97 Å². The summed E-state index contributed by atoms with van der Waals surface area (Å²) in [5.41, 5.74) is 2.15. The monoisotopic (exact) mass is 458 g/mol. The number of thiophene rings is 1. The third-order valence-electron chi connectivity index (χ3n) is 5.16. The fourth-order valence-corrected chi connectivity index (χ4v) is 4.27. The lowest BCUT2D eigenvalue weighted by Gasteiger charge is -2.18. The van der Waals surface area contributed by atoms with E-state index >= 15 is 0 Å². The molecule has 2 rings (SSSR count). The van der Waals surface area contributed by atoms with Crippen molar-refractivity contribution in [3.8, 4) is 0 Å². The van der Waals surface area contributed by atoms with Crippen molar-refractivity contribution in [2.75, 3.05) is 13.1 Å². The lowest BCUT2D eigenvalue weighted by atomic mass is 9.98. The van der Waals surface area contributed by atoms with Crippen molar-refractivity contribution < 1.29 is 24.3 Å². The highest BCUT2D eigenvalue weighted by Crippen LogP contribution is 2.26. The van der Waals surface area contributed by atoms with Gasteiger partial charge in [-0.25, -0.2) is 0 Å². The molecule has 0 aliphatic carbocycles. The van der Waals surface area contributed by atoms with Gasteiger partial charge in [-0.05, 0) is 48.9 Å². The summed E-state index contributed by atoms with van der Waals surface area (Å²) >= 11 is 1.46. The van der Waals surface area contributed by atoms with Crippen LogP contribution >= 0.6 is 11.3 Å². The first-order valence-electron chi connectivity index (χ1n) is 10.7. The minimum Gasteiger partial charge on any atom is -0.481 e. The van der Waals surface area contributed by atoms with Gasteiger partial charge in [0.05, 0.1) is 24.9 Å². The highest BCUT2D eigenvalue weighted by atomic mass is 32.1. The second-order valence-electron chi connectivity index (χ2n) is 7.73. The number of amides is 1. The molecule has 0 spiro atoms. The molecule has 0 fully saturated rings. The molecule has 7 nitrogen and oxygen atoms in total. The molecule has 0 aliphatic rings. The summed E-state index contributed by atoms with van der Waals surface area (Å²) in [6, 6.07) is 10.5. The molecular formula is C24H30N2O5S. The fraction of sp³-hybridized carbons (Fsp3) is 0.417. The topological polar surface area (TPSA) is 113 Å². The van der Waals surface area contributed by atoms with Gasteiger partial charge in [-0.3, -0.25) is 14.4 Å². The summed E-state index contributed by atoms with van der Waals surface area (Å²) in [5.74, 6) is -1.78. The summed E-state index contributed by atoms with van der Waals surface area (Å²) in [7, 11) is 0. The smallest absolute Gasteiger partial charge is 0.305 e. The molecule has 0 saturated carbocycles. The van der Waals surface area contributed by atoms with Crippen LogP contribution in [0.3, 0.4) is 0 Å². The molecule has 172 valence electrons. The standard InChI is InChI=1S/C24H30N2O5S/c1-17-7-2-3-8-18(17)13-20(28)15-25-11-5-4-9-21(22-10-6-12-32-22)24(31)26-19(16-27)14-23(29)30/h2-3,6-8,10,12,16,19,21,25H,4-5,9,11,13-15H2,1H3,(H,26,31)(H,29,30)/t19-,21?/m0/s1. The molecule has 8 heteroatoms. The number of unbranched alkanes of at least 4 members (excludes halogenated alkanes) is 1. The van der Waals surface area contributed by atoms with E-state index in [4.69, 9.17) is 5.11 Å². The van der Waals surface area contributed by atoms with E-state index in [0.29, 0.717) is 32.2 Å². The van der Waals surface area contributed by atoms with Crippen LogP contribution < -0.4 is 10.6 Å². The average molecular weight is 459 g/mol. The van der Waals surface area contributed by atoms with E-state index < -0.39 is 24.3 Å². The van der Waals surface area contributed by atoms with Crippen molar-refractivity contribution in [1.29, 1.82) is 0 Å². The highest BCUT2D eigenvalue weighted by molar-refractivity contribution is 7.10. The molecule has 1 aromatic heterocycles. The van der Waals surface area contributed by atoms with Crippen LogP contribution in [-0.2, 0) is 25.6 Å². The number of ketones is 1. The zero-order chi connectivity index (χ0) is 23.3. The Morgan fingerprint density at radius 3 is 2.56 bits per heavy atom. The fourth-order valence-electron chi connectivity index (χ4n) is 3.41. The van der Waals surface area contributed by atoms with E-state index in [1.807, 2.05) is 48.7 Å². The quantitative estimate of drug-likeness (QED) is 0.279. The number of hydrogen-bond donors (Lipinski definition) is 3. The molecule has 0 saturated heterocycles. The first kappa shape index (κ1) is 25.4. The third-order valence-corrected chi connectivity index (χ3v) is 6.14. The molecule has 0 bridgehead atoms. The van der Waals surface area contributed by atoms with Crippen LogP contribution in [0.25, 0.3) is 0 Å². The molecule has 1 unspecified atom stereocenters. The van der Waals surface area contributed by atoms with Crippen LogP contribution in [0, 0.1) is 6.92 Å². The number of hydrogen-bond acceptors (Lipinski definition) is 6. The van der Waals surface area contributed by atoms with E-state index in [1.54, 1.807) is 0 Å². The number of carboxylic acids is 1. The molecule has 1 heterocycles. The van der Waals surface area contributed by atoms with Gasteiger partial charge in [0, 0.05) is 11.3 Å². The SMILES string of the molecule is Cc1ccccc1CC(=O)CNCCCCC(C(=O)N[C@H](C=O)CC(=O)O)c1cccs1. The summed E-state index contributed by atoms with van der Waals surface area (Å²) in [5, 5.41) is 16.5. The van der Waals surface area contributed by atoms with Crippen molar-refractivity contribution in [3.63, 3.8) is 0 Å². The van der Waals surface area contributed by atoms with Crippen LogP contribution in [0.4, 0.5) is 0 Å². The van der Waals surface area contributed by atoms with E-state index in [9.17, 15) is 19.2 Å². The van der Waals surface area contributed by atoms with E-state index in [1.165, 1.54) is 11.3 Å². The number of carbonyl (C=O) groups excluding carboxylic acids is 3. The second-order valence-corrected chi connectivity index (χ2v) is 8.71. The normalized spacial score (nSPS) is 12.7. The Labute approximate surface area is 192 Å². The number of carbonyl (C=O) groups is 4. The maximum absolute atomic E-state index is 12.7. The molecule has 2 aromatic rings. The van der Waals surface area contributed by atoms with Crippen molar-refractivity contribution in [2.24, 2.45) is 0 Å². The summed E-state index contributed by atoms with van der Waals surface area (Å²) in [6.07, 6.45) is 2.54. The first-order chi connectivity index (χ1) is 15.4. The van der Waals surface area contributed by atoms with Crippen molar-refractivity contribution in [1.82, 2.24) is 10.6 Å². The molecule has 32 heavy (non-hydrogen) atoms. The summed E-state index contributed by atoms with van der Waals surface area (Å²) in [4.78, 5) is 47.7. The Morgan fingerprint density at radius 2 is 1.91 bits per heavy atom. The third kappa shape index (κ3) is 8.72. The van der Waals surface area contributed by atoms with Gasteiger partial charge in [-0.2, -0.15) is 0 Å². The number of aldehydes is 1. The Kier molecular flexibility index (Phi) is 10.8. The molecule has 0 radical (unpaired) electrons. The van der Waals surface area contributed by atoms with Gasteiger partial charge in [0.1, 0.15) is 6.29 Å². The zero-order valence-electron chi connectivity index (χ0n) is 18.2. The molecule has 1 aromatic carbocycles. The number of aliphatic carboxylic acids is 1. The van der Waals surface area contributed by atoms with Gasteiger partial charge in [0.15, 0.2) is 5.78 Å². The van der Waals surface area contributed by atoms with Gasteiger partial charge in [-0.1, -0.05) is 36.8 Å². The molecule has 0 aliphatic heterocycles. The number of rotatable bonds is 15. The number of Topliss-reactive ketones (excluding diaryl/α,β-unsaturated/α-hetero) is 1. The number of aryl methyl sites for hydroxylation is 1. The van der Waals surface area contributed by atoms with E-state index in [-0.39, 0.29) is 11.7 Å². The van der Waals surface area contributed by atoms with Crippen molar-refractivity contribution in [2.45, 2.75) is 51.0 Å². The number of nitrogens with one attached hydrogen (secondary N) is 2. The number of carboxylic acid groups (broad SMARTS) is 1. The van der Waals surface area contributed by atoms with E-state index in [0.717, 1.165) is 28.8 Å². The summed E-state index contributed by atoms with van der Waals surface area (Å²) < 4.78 is 0. The van der Waals surface area contributed by atoms with Crippen LogP contribution in [0.1, 0.15) is 47.6 Å². The van der Waals surface area contributed by atoms with Crippen LogP contribution in [0.2, 0.25) is 0 Å². The maximum Gasteiger partial charge on any atom is 0.305 e. The Morgan fingerprint density at radius 1 is 1.12 bits per heavy atom. The molecule has 3 N–H and O–H groups in total.